The molecule has 0 atom stereocenters. The summed E-state index contributed by atoms with van der Waals surface area (Å²) in [5, 5.41) is 9.64. The molecular formula is C18H19ClN2O3. The first-order valence-electron chi connectivity index (χ1n) is 7.62. The van der Waals surface area contributed by atoms with Crippen LogP contribution in [0.2, 0.25) is 5.02 Å². The van der Waals surface area contributed by atoms with Gasteiger partial charge in [-0.1, -0.05) is 31.0 Å². The Kier molecular flexibility index (Phi) is 6.21. The normalized spacial score (nSPS) is 11.3. The predicted molar refractivity (Wildman–Crippen MR) is 95.3 cm³/mol. The zero-order valence-electron chi connectivity index (χ0n) is 13.3. The number of carboxylic acid groups (broad SMARTS) is 1. The summed E-state index contributed by atoms with van der Waals surface area (Å²) in [4.78, 5) is 15.3. The summed E-state index contributed by atoms with van der Waals surface area (Å²) in [7, 11) is 0. The van der Waals surface area contributed by atoms with Gasteiger partial charge in [0.25, 0.3) is 0 Å². The second-order valence-electron chi connectivity index (χ2n) is 5.30. The number of unbranched alkanes of at least 4 members (excludes halogenated alkanes) is 1. The van der Waals surface area contributed by atoms with Gasteiger partial charge in [0.05, 0.1) is 16.9 Å². The quantitative estimate of drug-likeness (QED) is 0.705. The average molecular weight is 347 g/mol. The molecule has 0 saturated carbocycles. The third-order valence-electron chi connectivity index (χ3n) is 3.34. The van der Waals surface area contributed by atoms with Gasteiger partial charge in [-0.15, -0.1) is 0 Å². The lowest BCUT2D eigenvalue weighted by Crippen LogP contribution is -2.00. The zero-order valence-corrected chi connectivity index (χ0v) is 14.1. The molecule has 0 aliphatic carbocycles. The fourth-order valence-corrected chi connectivity index (χ4v) is 2.29. The van der Waals surface area contributed by atoms with Crippen LogP contribution in [0.4, 0.5) is 5.69 Å². The fourth-order valence-electron chi connectivity index (χ4n) is 2.06. The lowest BCUT2D eigenvalue weighted by atomic mass is 10.1. The minimum atomic E-state index is -0.911. The summed E-state index contributed by atoms with van der Waals surface area (Å²) in [6.45, 7) is 2.02. The first-order chi connectivity index (χ1) is 11.5. The van der Waals surface area contributed by atoms with E-state index in [1.165, 1.54) is 6.20 Å². The van der Waals surface area contributed by atoms with Crippen LogP contribution < -0.4 is 10.5 Å². The smallest absolute Gasteiger partial charge is 0.331 e. The second-order valence-corrected chi connectivity index (χ2v) is 5.71. The van der Waals surface area contributed by atoms with Crippen molar-refractivity contribution < 1.29 is 14.6 Å². The van der Waals surface area contributed by atoms with Gasteiger partial charge in [0.2, 0.25) is 5.88 Å². The maximum Gasteiger partial charge on any atom is 0.331 e. The zero-order chi connectivity index (χ0) is 17.5. The first-order valence-corrected chi connectivity index (χ1v) is 8.00. The summed E-state index contributed by atoms with van der Waals surface area (Å²) < 4.78 is 5.60. The second kappa shape index (κ2) is 8.36. The Morgan fingerprint density at radius 2 is 2.17 bits per heavy atom. The Morgan fingerprint density at radius 3 is 2.75 bits per heavy atom. The molecule has 0 saturated heterocycles. The number of pyridine rings is 1. The van der Waals surface area contributed by atoms with Crippen LogP contribution in [0.1, 0.15) is 31.7 Å². The SMILES string of the molecule is CCCCC(=Cc1ccc(Oc2ccc(N)cn2)c(Cl)c1)C(=O)O. The van der Waals surface area contributed by atoms with E-state index < -0.39 is 5.97 Å². The number of benzene rings is 1. The lowest BCUT2D eigenvalue weighted by molar-refractivity contribution is -0.132. The van der Waals surface area contributed by atoms with Gasteiger partial charge in [-0.05, 0) is 42.7 Å². The monoisotopic (exact) mass is 346 g/mol. The van der Waals surface area contributed by atoms with Crippen molar-refractivity contribution in [3.05, 3.63) is 52.7 Å². The van der Waals surface area contributed by atoms with Gasteiger partial charge >= 0.3 is 5.97 Å². The van der Waals surface area contributed by atoms with Gasteiger partial charge < -0.3 is 15.6 Å². The van der Waals surface area contributed by atoms with E-state index in [0.717, 1.165) is 12.8 Å². The Hall–Kier alpha value is -2.53. The number of nitrogen functional groups attached to an aromatic ring is 1. The van der Waals surface area contributed by atoms with E-state index in [2.05, 4.69) is 4.98 Å². The Bertz CT molecular complexity index is 742. The fraction of sp³-hybridized carbons (Fsp3) is 0.222. The van der Waals surface area contributed by atoms with E-state index in [1.54, 1.807) is 36.4 Å². The summed E-state index contributed by atoms with van der Waals surface area (Å²) in [6.07, 6.45) is 5.42. The lowest BCUT2D eigenvalue weighted by Gasteiger charge is -2.08. The number of aliphatic carboxylic acids is 1. The van der Waals surface area contributed by atoms with Crippen LogP contribution in [-0.4, -0.2) is 16.1 Å². The van der Waals surface area contributed by atoms with Crippen molar-refractivity contribution in [1.82, 2.24) is 4.98 Å². The highest BCUT2D eigenvalue weighted by Crippen LogP contribution is 2.30. The van der Waals surface area contributed by atoms with Crippen LogP contribution in [0, 0.1) is 0 Å². The Balaban J connectivity index is 2.19. The number of carbonyl (C=O) groups is 1. The van der Waals surface area contributed by atoms with Crippen LogP contribution in [0.3, 0.4) is 0 Å². The number of halogens is 1. The van der Waals surface area contributed by atoms with Crippen LogP contribution >= 0.6 is 11.6 Å². The molecule has 5 nitrogen and oxygen atoms in total. The molecule has 3 N–H and O–H groups in total. The van der Waals surface area contributed by atoms with Crippen LogP contribution in [0.5, 0.6) is 11.6 Å². The topological polar surface area (TPSA) is 85.4 Å². The molecule has 1 aromatic heterocycles. The maximum atomic E-state index is 11.3. The Morgan fingerprint density at radius 1 is 1.38 bits per heavy atom. The molecule has 0 fully saturated rings. The number of anilines is 1. The molecule has 0 unspecified atom stereocenters. The van der Waals surface area contributed by atoms with Crippen molar-refractivity contribution in [3.8, 4) is 11.6 Å². The summed E-state index contributed by atoms with van der Waals surface area (Å²) in [6, 6.07) is 8.44. The molecule has 0 amide bonds. The van der Waals surface area contributed by atoms with Crippen molar-refractivity contribution in [2.75, 3.05) is 5.73 Å². The Labute approximate surface area is 145 Å². The van der Waals surface area contributed by atoms with Gasteiger partial charge in [-0.3, -0.25) is 0 Å². The van der Waals surface area contributed by atoms with Crippen molar-refractivity contribution in [2.45, 2.75) is 26.2 Å². The summed E-state index contributed by atoms with van der Waals surface area (Å²) in [5.74, 6) is -0.0916. The number of carboxylic acids is 1. The van der Waals surface area contributed by atoms with Gasteiger partial charge in [-0.25, -0.2) is 9.78 Å². The van der Waals surface area contributed by atoms with Crippen molar-refractivity contribution in [1.29, 1.82) is 0 Å². The maximum absolute atomic E-state index is 11.3. The highest BCUT2D eigenvalue weighted by molar-refractivity contribution is 6.32. The molecule has 1 aromatic carbocycles. The summed E-state index contributed by atoms with van der Waals surface area (Å²) >= 11 is 6.22. The number of hydrogen-bond acceptors (Lipinski definition) is 4. The van der Waals surface area contributed by atoms with E-state index in [4.69, 9.17) is 22.1 Å². The van der Waals surface area contributed by atoms with Crippen molar-refractivity contribution in [3.63, 3.8) is 0 Å². The molecule has 2 aromatic rings. The predicted octanol–water partition coefficient (Wildman–Crippen LogP) is 4.77. The van der Waals surface area contributed by atoms with Gasteiger partial charge in [-0.2, -0.15) is 0 Å². The number of rotatable bonds is 7. The number of nitrogens with two attached hydrogens (primary N) is 1. The van der Waals surface area contributed by atoms with E-state index >= 15 is 0 Å². The number of aromatic nitrogens is 1. The number of ether oxygens (including phenoxy) is 1. The van der Waals surface area contributed by atoms with E-state index in [0.29, 0.717) is 39.9 Å². The van der Waals surface area contributed by atoms with Gasteiger partial charge in [0.1, 0.15) is 5.75 Å². The molecule has 0 aliphatic heterocycles. The average Bonchev–Trinajstić information content (AvgIpc) is 2.55. The highest BCUT2D eigenvalue weighted by Gasteiger charge is 2.09. The molecular weight excluding hydrogens is 328 g/mol. The minimum absolute atomic E-state index is 0.363. The largest absolute Gasteiger partial charge is 0.478 e. The number of hydrogen-bond donors (Lipinski definition) is 2. The third kappa shape index (κ3) is 4.99. The van der Waals surface area contributed by atoms with E-state index in [9.17, 15) is 9.90 Å². The summed E-state index contributed by atoms with van der Waals surface area (Å²) in [5.41, 5.74) is 7.20. The standard InChI is InChI=1S/C18H19ClN2O3/c1-2-3-4-13(18(22)23)9-12-5-7-16(15(19)10-12)24-17-8-6-14(20)11-21-17/h5-11H,2-4,20H2,1H3,(H,22,23). The van der Waals surface area contributed by atoms with E-state index in [1.807, 2.05) is 6.92 Å². The van der Waals surface area contributed by atoms with Crippen molar-refractivity contribution in [2.24, 2.45) is 0 Å². The van der Waals surface area contributed by atoms with Gasteiger partial charge in [0.15, 0.2) is 0 Å². The van der Waals surface area contributed by atoms with Gasteiger partial charge in [0, 0.05) is 11.6 Å². The molecule has 2 rings (SSSR count). The van der Waals surface area contributed by atoms with Crippen LogP contribution in [-0.2, 0) is 4.79 Å². The molecule has 24 heavy (non-hydrogen) atoms. The molecule has 1 heterocycles. The first kappa shape index (κ1) is 17.8. The molecule has 126 valence electrons. The minimum Gasteiger partial charge on any atom is -0.478 e. The number of nitrogens with zero attached hydrogens (tertiary/aromatic N) is 1. The molecule has 0 spiro atoms. The van der Waals surface area contributed by atoms with Crippen LogP contribution in [0.15, 0.2) is 42.1 Å². The van der Waals surface area contributed by atoms with Crippen LogP contribution in [0.25, 0.3) is 6.08 Å². The molecule has 6 heteroatoms. The van der Waals surface area contributed by atoms with Crippen molar-refractivity contribution >= 4 is 29.3 Å². The molecule has 0 aliphatic rings. The van der Waals surface area contributed by atoms with E-state index in [-0.39, 0.29) is 0 Å². The molecule has 0 radical (unpaired) electrons. The third-order valence-corrected chi connectivity index (χ3v) is 3.64. The molecule has 0 bridgehead atoms. The highest BCUT2D eigenvalue weighted by atomic mass is 35.5.